The minimum Gasteiger partial charge on any atom is -0.347 e. The Morgan fingerprint density at radius 3 is 2.75 bits per heavy atom. The predicted octanol–water partition coefficient (Wildman–Crippen LogP) is 2.31. The van der Waals surface area contributed by atoms with Crippen molar-refractivity contribution in [3.63, 3.8) is 0 Å². The number of hydrogen-bond donors (Lipinski definition) is 1. The summed E-state index contributed by atoms with van der Waals surface area (Å²) in [6, 6.07) is 7.67. The minimum atomic E-state index is -0.414. The minimum absolute atomic E-state index is 0.132. The molecule has 6 nitrogen and oxygen atoms in total. The molecular formula is C17H15FN4O2. The molecule has 1 amide bonds. The van der Waals surface area contributed by atoms with Gasteiger partial charge in [0.05, 0.1) is 6.20 Å². The number of carbonyl (C=O) groups is 2. The summed E-state index contributed by atoms with van der Waals surface area (Å²) >= 11 is 0. The molecule has 0 aliphatic carbocycles. The van der Waals surface area contributed by atoms with E-state index in [1.165, 1.54) is 29.8 Å². The zero-order valence-corrected chi connectivity index (χ0v) is 13.2. The number of benzene rings is 1. The van der Waals surface area contributed by atoms with E-state index in [9.17, 15) is 14.0 Å². The molecule has 0 aliphatic rings. The molecule has 0 spiro atoms. The number of fused-ring (bicyclic) bond motifs is 1. The smallest absolute Gasteiger partial charge is 0.270 e. The Morgan fingerprint density at radius 1 is 1.25 bits per heavy atom. The van der Waals surface area contributed by atoms with E-state index in [1.807, 2.05) is 0 Å². The van der Waals surface area contributed by atoms with Gasteiger partial charge >= 0.3 is 0 Å². The first-order valence-corrected chi connectivity index (χ1v) is 7.34. The molecule has 0 aliphatic heterocycles. The highest BCUT2D eigenvalue weighted by molar-refractivity contribution is 5.98. The number of nitrogens with zero attached hydrogens (tertiary/aromatic N) is 3. The van der Waals surface area contributed by atoms with Gasteiger partial charge in [-0.3, -0.25) is 9.59 Å². The maximum atomic E-state index is 13.3. The van der Waals surface area contributed by atoms with Crippen molar-refractivity contribution in [3.05, 3.63) is 64.9 Å². The lowest BCUT2D eigenvalue weighted by Gasteiger charge is -2.08. The van der Waals surface area contributed by atoms with Crippen LogP contribution in [0.25, 0.3) is 5.65 Å². The van der Waals surface area contributed by atoms with Gasteiger partial charge in [0.15, 0.2) is 11.4 Å². The van der Waals surface area contributed by atoms with Crippen molar-refractivity contribution in [2.24, 2.45) is 0 Å². The monoisotopic (exact) mass is 326 g/mol. The SMILES string of the molecule is CC(=O)c1cc(C(=O)NCc2ccc(F)c(C)c2)nc2ccnn12. The van der Waals surface area contributed by atoms with Crippen LogP contribution in [0.5, 0.6) is 0 Å². The lowest BCUT2D eigenvalue weighted by molar-refractivity contribution is 0.0946. The van der Waals surface area contributed by atoms with Crippen molar-refractivity contribution < 1.29 is 14.0 Å². The third kappa shape index (κ3) is 3.01. The number of amides is 1. The standard InChI is InChI=1S/C17H15FN4O2/c1-10-7-12(3-4-13(10)18)9-19-17(24)14-8-15(11(2)23)22-16(21-14)5-6-20-22/h3-8H,9H2,1-2H3,(H,19,24). The number of Topliss-reactive ketones (excluding diaryl/α,β-unsaturated/α-hetero) is 1. The lowest BCUT2D eigenvalue weighted by Crippen LogP contribution is -2.25. The third-order valence-corrected chi connectivity index (χ3v) is 3.63. The van der Waals surface area contributed by atoms with E-state index < -0.39 is 5.91 Å². The molecule has 0 saturated heterocycles. The van der Waals surface area contributed by atoms with Crippen molar-refractivity contribution in [3.8, 4) is 0 Å². The average Bonchev–Trinajstić information content (AvgIpc) is 3.03. The number of hydrogen-bond acceptors (Lipinski definition) is 4. The lowest BCUT2D eigenvalue weighted by atomic mass is 10.1. The second-order valence-electron chi connectivity index (χ2n) is 5.45. The Labute approximate surface area is 137 Å². The largest absolute Gasteiger partial charge is 0.347 e. The van der Waals surface area contributed by atoms with Gasteiger partial charge in [-0.1, -0.05) is 12.1 Å². The van der Waals surface area contributed by atoms with E-state index in [4.69, 9.17) is 0 Å². The van der Waals surface area contributed by atoms with Gasteiger partial charge < -0.3 is 5.32 Å². The summed E-state index contributed by atoms with van der Waals surface area (Å²) < 4.78 is 14.7. The summed E-state index contributed by atoms with van der Waals surface area (Å²) in [5.74, 6) is -0.915. The Hall–Kier alpha value is -3.09. The summed E-state index contributed by atoms with van der Waals surface area (Å²) in [6.07, 6.45) is 1.51. The Bertz CT molecular complexity index is 949. The Morgan fingerprint density at radius 2 is 2.04 bits per heavy atom. The molecule has 122 valence electrons. The summed E-state index contributed by atoms with van der Waals surface area (Å²) in [5, 5.41) is 6.74. The van der Waals surface area contributed by atoms with Gasteiger partial charge in [0.1, 0.15) is 17.2 Å². The molecule has 1 N–H and O–H groups in total. The van der Waals surface area contributed by atoms with Crippen molar-refractivity contribution in [2.45, 2.75) is 20.4 Å². The van der Waals surface area contributed by atoms with E-state index in [0.717, 1.165) is 5.56 Å². The Balaban J connectivity index is 1.83. The second kappa shape index (κ2) is 6.19. The number of nitrogens with one attached hydrogen (secondary N) is 1. The van der Waals surface area contributed by atoms with Crippen LogP contribution in [0.4, 0.5) is 4.39 Å². The number of ketones is 1. The first kappa shape index (κ1) is 15.8. The van der Waals surface area contributed by atoms with Crippen molar-refractivity contribution in [2.75, 3.05) is 0 Å². The Kier molecular flexibility index (Phi) is 4.07. The number of aryl methyl sites for hydroxylation is 1. The molecule has 2 heterocycles. The number of aromatic nitrogens is 3. The van der Waals surface area contributed by atoms with E-state index >= 15 is 0 Å². The highest BCUT2D eigenvalue weighted by atomic mass is 19.1. The van der Waals surface area contributed by atoms with Crippen molar-refractivity contribution in [1.82, 2.24) is 19.9 Å². The summed E-state index contributed by atoms with van der Waals surface area (Å²) in [4.78, 5) is 28.2. The molecule has 3 aromatic rings. The van der Waals surface area contributed by atoms with Gasteiger partial charge in [-0.05, 0) is 30.2 Å². The molecule has 0 bridgehead atoms. The van der Waals surface area contributed by atoms with Crippen LogP contribution in [-0.4, -0.2) is 26.3 Å². The number of carbonyl (C=O) groups excluding carboxylic acids is 2. The third-order valence-electron chi connectivity index (χ3n) is 3.63. The van der Waals surface area contributed by atoms with Gasteiger partial charge in [0, 0.05) is 19.5 Å². The molecular weight excluding hydrogens is 311 g/mol. The van der Waals surface area contributed by atoms with Gasteiger partial charge in [-0.2, -0.15) is 5.10 Å². The van der Waals surface area contributed by atoms with Gasteiger partial charge in [0.2, 0.25) is 0 Å². The van der Waals surface area contributed by atoms with Crippen LogP contribution >= 0.6 is 0 Å². The molecule has 7 heteroatoms. The number of halogens is 1. The number of rotatable bonds is 4. The summed E-state index contributed by atoms with van der Waals surface area (Å²) in [5.41, 5.74) is 2.13. The molecule has 0 saturated carbocycles. The fourth-order valence-corrected chi connectivity index (χ4v) is 2.37. The van der Waals surface area contributed by atoms with Gasteiger partial charge in [-0.25, -0.2) is 13.9 Å². The zero-order chi connectivity index (χ0) is 17.3. The summed E-state index contributed by atoms with van der Waals surface area (Å²) in [6.45, 7) is 3.30. The summed E-state index contributed by atoms with van der Waals surface area (Å²) in [7, 11) is 0. The topological polar surface area (TPSA) is 76.4 Å². The van der Waals surface area contributed by atoms with Crippen LogP contribution in [0.15, 0.2) is 36.5 Å². The normalized spacial score (nSPS) is 10.8. The molecule has 0 unspecified atom stereocenters. The van der Waals surface area contributed by atoms with Gasteiger partial charge in [0.25, 0.3) is 5.91 Å². The quantitative estimate of drug-likeness (QED) is 0.747. The maximum absolute atomic E-state index is 13.3. The molecule has 3 rings (SSSR count). The van der Waals surface area contributed by atoms with Crippen LogP contribution in [0, 0.1) is 12.7 Å². The predicted molar refractivity (Wildman–Crippen MR) is 85.3 cm³/mol. The van der Waals surface area contributed by atoms with Crippen LogP contribution in [0.2, 0.25) is 0 Å². The zero-order valence-electron chi connectivity index (χ0n) is 13.2. The van der Waals surface area contributed by atoms with Crippen LogP contribution in [-0.2, 0) is 6.54 Å². The van der Waals surface area contributed by atoms with Crippen LogP contribution in [0.1, 0.15) is 39.0 Å². The first-order chi connectivity index (χ1) is 11.5. The molecule has 1 aromatic carbocycles. The first-order valence-electron chi connectivity index (χ1n) is 7.34. The highest BCUT2D eigenvalue weighted by Crippen LogP contribution is 2.11. The fourth-order valence-electron chi connectivity index (χ4n) is 2.37. The molecule has 0 atom stereocenters. The van der Waals surface area contributed by atoms with Crippen LogP contribution in [0.3, 0.4) is 0 Å². The molecule has 2 aromatic heterocycles. The highest BCUT2D eigenvalue weighted by Gasteiger charge is 2.15. The van der Waals surface area contributed by atoms with Crippen molar-refractivity contribution in [1.29, 1.82) is 0 Å². The van der Waals surface area contributed by atoms with Crippen molar-refractivity contribution >= 4 is 17.3 Å². The molecule has 24 heavy (non-hydrogen) atoms. The van der Waals surface area contributed by atoms with E-state index in [0.29, 0.717) is 11.2 Å². The van der Waals surface area contributed by atoms with E-state index in [-0.39, 0.29) is 29.5 Å². The average molecular weight is 326 g/mol. The van der Waals surface area contributed by atoms with Gasteiger partial charge in [-0.15, -0.1) is 0 Å². The maximum Gasteiger partial charge on any atom is 0.270 e. The van der Waals surface area contributed by atoms with Crippen LogP contribution < -0.4 is 5.32 Å². The second-order valence-corrected chi connectivity index (χ2v) is 5.45. The van der Waals surface area contributed by atoms with E-state index in [2.05, 4.69) is 15.4 Å². The fraction of sp³-hybridized carbons (Fsp3) is 0.176. The van der Waals surface area contributed by atoms with E-state index in [1.54, 1.807) is 25.1 Å². The molecule has 0 radical (unpaired) electrons. The molecule has 0 fully saturated rings.